The van der Waals surface area contributed by atoms with Gasteiger partial charge in [-0.25, -0.2) is 9.59 Å². The molecule has 1 aliphatic heterocycles. The van der Waals surface area contributed by atoms with E-state index in [1.807, 2.05) is 0 Å². The molecule has 162 valence electrons. The number of rotatable bonds is 9. The molecule has 0 aliphatic carbocycles. The molecule has 0 aromatic carbocycles. The Hall–Kier alpha value is -2.80. The maximum absolute atomic E-state index is 14.3. The summed E-state index contributed by atoms with van der Waals surface area (Å²) in [6.07, 6.45) is -4.38. The molecule has 29 heavy (non-hydrogen) atoms. The maximum Gasteiger partial charge on any atom is 0.407 e. The molecule has 1 amide bonds. The minimum atomic E-state index is -3.84. The number of halogens is 2. The van der Waals surface area contributed by atoms with Gasteiger partial charge in [-0.1, -0.05) is 6.42 Å². The zero-order valence-corrected chi connectivity index (χ0v) is 15.3. The third-order valence-corrected chi connectivity index (χ3v) is 4.20. The average Bonchev–Trinajstić information content (AvgIpc) is 2.86. The number of unbranched alkanes of at least 4 members (excludes halogenated alkanes) is 2. The highest BCUT2D eigenvalue weighted by atomic mass is 19.3. The molecule has 0 saturated carbocycles. The maximum atomic E-state index is 14.3. The Kier molecular flexibility index (Phi) is 7.45. The van der Waals surface area contributed by atoms with Crippen LogP contribution in [-0.4, -0.2) is 63.1 Å². The summed E-state index contributed by atoms with van der Waals surface area (Å²) in [5.41, 5.74) is 4.24. The summed E-state index contributed by atoms with van der Waals surface area (Å²) in [6.45, 7) is -0.465. The monoisotopic (exact) mass is 420 g/mol. The molecule has 13 heteroatoms. The van der Waals surface area contributed by atoms with Crippen molar-refractivity contribution in [3.63, 3.8) is 0 Å². The number of alkyl halides is 2. The number of amides is 1. The fourth-order valence-electron chi connectivity index (χ4n) is 2.69. The van der Waals surface area contributed by atoms with Gasteiger partial charge in [-0.3, -0.25) is 9.36 Å². The second-order valence-electron chi connectivity index (χ2n) is 6.42. The minimum Gasteiger partial charge on any atom is -0.481 e. The van der Waals surface area contributed by atoms with Crippen LogP contribution >= 0.6 is 0 Å². The first-order chi connectivity index (χ1) is 13.6. The van der Waals surface area contributed by atoms with Gasteiger partial charge in [0.15, 0.2) is 6.10 Å². The third kappa shape index (κ3) is 5.84. The van der Waals surface area contributed by atoms with Gasteiger partial charge in [-0.15, -0.1) is 0 Å². The highest BCUT2D eigenvalue weighted by molar-refractivity contribution is 5.67. The van der Waals surface area contributed by atoms with Gasteiger partial charge in [-0.2, -0.15) is 13.8 Å². The van der Waals surface area contributed by atoms with Crippen molar-refractivity contribution in [2.45, 2.75) is 50.0 Å². The minimum absolute atomic E-state index is 0.0311. The van der Waals surface area contributed by atoms with E-state index in [4.69, 9.17) is 20.3 Å². The highest BCUT2D eigenvalue weighted by Gasteiger charge is 2.60. The Morgan fingerprint density at radius 2 is 2.10 bits per heavy atom. The van der Waals surface area contributed by atoms with Crippen LogP contribution in [0.2, 0.25) is 0 Å². The first kappa shape index (κ1) is 22.5. The standard InChI is InChI=1S/C16H22F2N4O7/c17-16(18)12(25)9(29-13(16)22-7-5-10(19)21-14(22)26)8-28-15(27)20-6-3-1-2-4-11(23)24/h5,7,9,12-13,25H,1-4,6,8H2,(H,20,27)(H,23,24)(H2,19,21,26)/t9?,12?,13-/m1/s1. The Balaban J connectivity index is 1.83. The largest absolute Gasteiger partial charge is 0.481 e. The van der Waals surface area contributed by atoms with E-state index in [9.17, 15) is 28.3 Å². The summed E-state index contributed by atoms with van der Waals surface area (Å²) in [6, 6.07) is 1.13. The molecule has 2 rings (SSSR count). The third-order valence-electron chi connectivity index (χ3n) is 4.20. The molecule has 1 saturated heterocycles. The van der Waals surface area contributed by atoms with Crippen molar-refractivity contribution in [2.75, 3.05) is 18.9 Å². The van der Waals surface area contributed by atoms with Crippen molar-refractivity contribution in [1.82, 2.24) is 14.9 Å². The molecular weight excluding hydrogens is 398 g/mol. The van der Waals surface area contributed by atoms with Crippen LogP contribution in [0.15, 0.2) is 17.1 Å². The van der Waals surface area contributed by atoms with E-state index in [-0.39, 0.29) is 18.8 Å². The Labute approximate surface area is 163 Å². The second kappa shape index (κ2) is 9.60. The van der Waals surface area contributed by atoms with Crippen molar-refractivity contribution >= 4 is 17.9 Å². The summed E-state index contributed by atoms with van der Waals surface area (Å²) < 4.78 is 39.0. The molecule has 3 atom stereocenters. The average molecular weight is 420 g/mol. The predicted molar refractivity (Wildman–Crippen MR) is 93.2 cm³/mol. The van der Waals surface area contributed by atoms with E-state index in [0.29, 0.717) is 23.8 Å². The summed E-state index contributed by atoms with van der Waals surface area (Å²) in [4.78, 5) is 37.1. The van der Waals surface area contributed by atoms with Crippen LogP contribution in [0.1, 0.15) is 31.9 Å². The quantitative estimate of drug-likeness (QED) is 0.405. The van der Waals surface area contributed by atoms with Crippen molar-refractivity contribution in [3.05, 3.63) is 22.7 Å². The zero-order chi connectivity index (χ0) is 21.6. The van der Waals surface area contributed by atoms with Gasteiger partial charge in [0.1, 0.15) is 18.5 Å². The first-order valence-corrected chi connectivity index (χ1v) is 8.81. The van der Waals surface area contributed by atoms with Crippen molar-refractivity contribution in [3.8, 4) is 0 Å². The van der Waals surface area contributed by atoms with Gasteiger partial charge < -0.3 is 30.7 Å². The number of aliphatic carboxylic acids is 1. The number of aliphatic hydroxyl groups is 1. The lowest BCUT2D eigenvalue weighted by atomic mass is 10.1. The number of aromatic nitrogens is 2. The number of ether oxygens (including phenoxy) is 2. The predicted octanol–water partition coefficient (Wildman–Crippen LogP) is 0.0903. The Morgan fingerprint density at radius 1 is 1.38 bits per heavy atom. The van der Waals surface area contributed by atoms with Gasteiger partial charge >= 0.3 is 23.7 Å². The SMILES string of the molecule is Nc1ccn([C@@H]2OC(COC(=O)NCCCCCC(=O)O)C(O)C2(F)F)c(=O)n1. The van der Waals surface area contributed by atoms with Crippen molar-refractivity contribution < 1.29 is 38.1 Å². The summed E-state index contributed by atoms with van der Waals surface area (Å²) in [7, 11) is 0. The van der Waals surface area contributed by atoms with Crippen molar-refractivity contribution in [2.24, 2.45) is 0 Å². The number of nitrogens with zero attached hydrogens (tertiary/aromatic N) is 2. The van der Waals surface area contributed by atoms with E-state index in [1.165, 1.54) is 0 Å². The number of carboxylic acids is 1. The van der Waals surface area contributed by atoms with Gasteiger partial charge in [0, 0.05) is 19.2 Å². The topological polar surface area (TPSA) is 166 Å². The molecule has 1 aliphatic rings. The molecule has 0 bridgehead atoms. The molecule has 1 fully saturated rings. The number of hydrogen-bond acceptors (Lipinski definition) is 8. The van der Waals surface area contributed by atoms with Crippen LogP contribution < -0.4 is 16.7 Å². The summed E-state index contributed by atoms with van der Waals surface area (Å²) in [5, 5.41) is 20.7. The van der Waals surface area contributed by atoms with Crippen LogP contribution in [0.5, 0.6) is 0 Å². The molecule has 2 heterocycles. The molecule has 0 radical (unpaired) electrons. The number of nitrogen functional groups attached to an aromatic ring is 1. The number of aliphatic hydroxyl groups excluding tert-OH is 1. The van der Waals surface area contributed by atoms with E-state index in [2.05, 4.69) is 10.3 Å². The van der Waals surface area contributed by atoms with Gasteiger partial charge in [0.2, 0.25) is 6.23 Å². The summed E-state index contributed by atoms with van der Waals surface area (Å²) in [5.74, 6) is -4.90. The summed E-state index contributed by atoms with van der Waals surface area (Å²) >= 11 is 0. The molecule has 2 unspecified atom stereocenters. The number of hydrogen-bond donors (Lipinski definition) is 4. The van der Waals surface area contributed by atoms with Crippen LogP contribution in [0, 0.1) is 0 Å². The lowest BCUT2D eigenvalue weighted by Crippen LogP contribution is -2.42. The van der Waals surface area contributed by atoms with E-state index < -0.39 is 48.7 Å². The number of alkyl carbamates (subject to hydrolysis) is 1. The lowest BCUT2D eigenvalue weighted by molar-refractivity contribution is -0.141. The van der Waals surface area contributed by atoms with Crippen molar-refractivity contribution in [1.29, 1.82) is 0 Å². The lowest BCUT2D eigenvalue weighted by Gasteiger charge is -2.20. The van der Waals surface area contributed by atoms with E-state index in [1.54, 1.807) is 0 Å². The van der Waals surface area contributed by atoms with Gasteiger partial charge in [0.05, 0.1) is 0 Å². The Bertz CT molecular complexity index is 789. The number of carbonyl (C=O) groups excluding carboxylic acids is 1. The number of anilines is 1. The molecule has 1 aromatic rings. The van der Waals surface area contributed by atoms with Crippen LogP contribution in [0.25, 0.3) is 0 Å². The number of carboxylic acid groups (broad SMARTS) is 1. The number of carbonyl (C=O) groups is 2. The number of nitrogens with one attached hydrogen (secondary N) is 1. The smallest absolute Gasteiger partial charge is 0.407 e. The molecule has 5 N–H and O–H groups in total. The van der Waals surface area contributed by atoms with Crippen LogP contribution in [-0.2, 0) is 14.3 Å². The first-order valence-electron chi connectivity index (χ1n) is 8.81. The van der Waals surface area contributed by atoms with E-state index in [0.717, 1.165) is 12.3 Å². The fourth-order valence-corrected chi connectivity index (χ4v) is 2.69. The molecule has 0 spiro atoms. The van der Waals surface area contributed by atoms with Gasteiger partial charge in [0.25, 0.3) is 0 Å². The fraction of sp³-hybridized carbons (Fsp3) is 0.625. The number of nitrogens with two attached hydrogens (primary N) is 1. The van der Waals surface area contributed by atoms with Crippen LogP contribution in [0.4, 0.5) is 19.4 Å². The Morgan fingerprint density at radius 3 is 2.76 bits per heavy atom. The van der Waals surface area contributed by atoms with E-state index >= 15 is 0 Å². The van der Waals surface area contributed by atoms with Crippen LogP contribution in [0.3, 0.4) is 0 Å². The molecular formula is C16H22F2N4O7. The van der Waals surface area contributed by atoms with Gasteiger partial charge in [-0.05, 0) is 18.9 Å². The normalized spacial score (nSPS) is 22.9. The second-order valence-corrected chi connectivity index (χ2v) is 6.42. The highest BCUT2D eigenvalue weighted by Crippen LogP contribution is 2.42. The zero-order valence-electron chi connectivity index (χ0n) is 15.3. The molecule has 1 aromatic heterocycles. The molecule has 11 nitrogen and oxygen atoms in total.